The van der Waals surface area contributed by atoms with Crippen molar-refractivity contribution in [2.45, 2.75) is 13.8 Å². The van der Waals surface area contributed by atoms with E-state index in [1.807, 2.05) is 13.0 Å². The molecule has 0 heterocycles. The van der Waals surface area contributed by atoms with Crippen molar-refractivity contribution in [1.82, 2.24) is 0 Å². The summed E-state index contributed by atoms with van der Waals surface area (Å²) in [7, 11) is -1.95. The molecule has 2 rings (SSSR count). The van der Waals surface area contributed by atoms with E-state index in [0.29, 0.717) is 22.0 Å². The molecule has 24 heavy (non-hydrogen) atoms. The molecule has 0 unspecified atom stereocenters. The van der Waals surface area contributed by atoms with Crippen LogP contribution in [0.4, 0.5) is 11.4 Å². The number of hydrogen-bond acceptors (Lipinski definition) is 3. The van der Waals surface area contributed by atoms with Gasteiger partial charge < -0.3 is 5.32 Å². The Kier molecular flexibility index (Phi) is 5.20. The lowest BCUT2D eigenvalue weighted by Crippen LogP contribution is -2.26. The lowest BCUT2D eigenvalue weighted by molar-refractivity contribution is 0.102. The van der Waals surface area contributed by atoms with Crippen molar-refractivity contribution in [3.63, 3.8) is 0 Å². The number of carbonyl (C=O) groups is 1. The number of halogens is 1. The highest BCUT2D eigenvalue weighted by Gasteiger charge is 2.17. The molecule has 0 aliphatic carbocycles. The van der Waals surface area contributed by atoms with Crippen molar-refractivity contribution in [1.29, 1.82) is 0 Å². The highest BCUT2D eigenvalue weighted by molar-refractivity contribution is 7.92. The van der Waals surface area contributed by atoms with Gasteiger partial charge in [-0.15, -0.1) is 0 Å². The van der Waals surface area contributed by atoms with Gasteiger partial charge in [-0.25, -0.2) is 8.42 Å². The van der Waals surface area contributed by atoms with Crippen molar-refractivity contribution in [3.05, 3.63) is 58.1 Å². The summed E-state index contributed by atoms with van der Waals surface area (Å²) in [5, 5.41) is 3.32. The van der Waals surface area contributed by atoms with E-state index >= 15 is 0 Å². The van der Waals surface area contributed by atoms with Gasteiger partial charge in [-0.1, -0.05) is 23.7 Å². The number of sulfonamides is 1. The first kappa shape index (κ1) is 18.3. The Morgan fingerprint density at radius 3 is 2.29 bits per heavy atom. The Balaban J connectivity index is 2.31. The van der Waals surface area contributed by atoms with Crippen LogP contribution in [0.5, 0.6) is 0 Å². The fourth-order valence-corrected chi connectivity index (χ4v) is 2.88. The lowest BCUT2D eigenvalue weighted by atomic mass is 10.1. The SMILES string of the molecule is Cc1ccc(NC(=O)c2ccc(C)c(N(C)S(C)(=O)=O)c2)cc1Cl. The van der Waals surface area contributed by atoms with Gasteiger partial charge in [-0.2, -0.15) is 0 Å². The molecule has 2 aromatic rings. The van der Waals surface area contributed by atoms with E-state index in [1.165, 1.54) is 7.05 Å². The van der Waals surface area contributed by atoms with Crippen molar-refractivity contribution >= 4 is 38.9 Å². The first-order chi connectivity index (χ1) is 11.1. The molecule has 0 radical (unpaired) electrons. The van der Waals surface area contributed by atoms with Crippen LogP contribution in [-0.2, 0) is 10.0 Å². The number of amides is 1. The zero-order valence-corrected chi connectivity index (χ0v) is 15.5. The van der Waals surface area contributed by atoms with Crippen LogP contribution in [0.1, 0.15) is 21.5 Å². The molecule has 0 saturated heterocycles. The van der Waals surface area contributed by atoms with Gasteiger partial charge >= 0.3 is 0 Å². The van der Waals surface area contributed by atoms with Crippen LogP contribution in [0.15, 0.2) is 36.4 Å². The number of nitrogens with one attached hydrogen (secondary N) is 1. The summed E-state index contributed by atoms with van der Waals surface area (Å²) in [6.45, 7) is 3.67. The second-order valence-corrected chi connectivity index (χ2v) is 8.07. The Labute approximate surface area is 147 Å². The van der Waals surface area contributed by atoms with Gasteiger partial charge in [0.05, 0.1) is 11.9 Å². The van der Waals surface area contributed by atoms with Crippen molar-refractivity contribution in [2.24, 2.45) is 0 Å². The van der Waals surface area contributed by atoms with Crippen LogP contribution < -0.4 is 9.62 Å². The molecule has 2 aromatic carbocycles. The van der Waals surface area contributed by atoms with Gasteiger partial charge in [0.1, 0.15) is 0 Å². The Morgan fingerprint density at radius 1 is 1.08 bits per heavy atom. The summed E-state index contributed by atoms with van der Waals surface area (Å²) >= 11 is 6.06. The smallest absolute Gasteiger partial charge is 0.255 e. The number of aryl methyl sites for hydroxylation is 2. The molecular weight excluding hydrogens is 348 g/mol. The van der Waals surface area contributed by atoms with Crippen molar-refractivity contribution < 1.29 is 13.2 Å². The molecule has 0 aliphatic heterocycles. The van der Waals surface area contributed by atoms with Crippen LogP contribution in [0.3, 0.4) is 0 Å². The first-order valence-corrected chi connectivity index (χ1v) is 9.44. The molecule has 1 amide bonds. The second kappa shape index (κ2) is 6.83. The summed E-state index contributed by atoms with van der Waals surface area (Å²) < 4.78 is 24.6. The van der Waals surface area contributed by atoms with Crippen molar-refractivity contribution in [2.75, 3.05) is 22.9 Å². The molecule has 0 saturated carbocycles. The molecule has 7 heteroatoms. The van der Waals surface area contributed by atoms with E-state index in [-0.39, 0.29) is 5.91 Å². The fraction of sp³-hybridized carbons (Fsp3) is 0.235. The van der Waals surface area contributed by atoms with E-state index in [9.17, 15) is 13.2 Å². The van der Waals surface area contributed by atoms with Crippen LogP contribution in [0, 0.1) is 13.8 Å². The highest BCUT2D eigenvalue weighted by Crippen LogP contribution is 2.24. The molecule has 0 aromatic heterocycles. The summed E-state index contributed by atoms with van der Waals surface area (Å²) in [4.78, 5) is 12.4. The molecule has 128 valence electrons. The van der Waals surface area contributed by atoms with Gasteiger partial charge in [-0.3, -0.25) is 9.10 Å². The normalized spacial score (nSPS) is 11.2. The largest absolute Gasteiger partial charge is 0.322 e. The lowest BCUT2D eigenvalue weighted by Gasteiger charge is -2.19. The minimum atomic E-state index is -3.41. The topological polar surface area (TPSA) is 66.5 Å². The summed E-state index contributed by atoms with van der Waals surface area (Å²) in [5.74, 6) is -0.335. The number of hydrogen-bond donors (Lipinski definition) is 1. The zero-order chi connectivity index (χ0) is 18.1. The van der Waals surface area contributed by atoms with Crippen molar-refractivity contribution in [3.8, 4) is 0 Å². The van der Waals surface area contributed by atoms with Crippen LogP contribution in [-0.4, -0.2) is 27.6 Å². The number of rotatable bonds is 4. The van der Waals surface area contributed by atoms with Gasteiger partial charge in [0.2, 0.25) is 10.0 Å². The molecule has 1 N–H and O–H groups in total. The molecule has 0 fully saturated rings. The van der Waals surface area contributed by atoms with Crippen LogP contribution >= 0.6 is 11.6 Å². The van der Waals surface area contributed by atoms with E-state index < -0.39 is 10.0 Å². The summed E-state index contributed by atoms with van der Waals surface area (Å²) in [6.07, 6.45) is 1.12. The van der Waals surface area contributed by atoms with Gasteiger partial charge in [-0.05, 0) is 49.2 Å². The summed E-state index contributed by atoms with van der Waals surface area (Å²) in [6, 6.07) is 10.2. The zero-order valence-electron chi connectivity index (χ0n) is 13.9. The molecule has 0 bridgehead atoms. The van der Waals surface area contributed by atoms with Crippen LogP contribution in [0.2, 0.25) is 5.02 Å². The maximum absolute atomic E-state index is 12.4. The Bertz CT molecular complexity index is 895. The van der Waals surface area contributed by atoms with E-state index in [0.717, 1.165) is 21.7 Å². The minimum absolute atomic E-state index is 0.335. The average molecular weight is 367 g/mol. The third kappa shape index (κ3) is 4.07. The van der Waals surface area contributed by atoms with E-state index in [2.05, 4.69) is 5.32 Å². The average Bonchev–Trinajstić information content (AvgIpc) is 2.49. The first-order valence-electron chi connectivity index (χ1n) is 7.21. The minimum Gasteiger partial charge on any atom is -0.322 e. The predicted octanol–water partition coefficient (Wildman–Crippen LogP) is 3.60. The fourth-order valence-electron chi connectivity index (χ4n) is 2.14. The molecule has 0 atom stereocenters. The second-order valence-electron chi connectivity index (χ2n) is 5.65. The Morgan fingerprint density at radius 2 is 1.71 bits per heavy atom. The van der Waals surface area contributed by atoms with Gasteiger partial charge in [0.15, 0.2) is 0 Å². The third-order valence-electron chi connectivity index (χ3n) is 3.74. The monoisotopic (exact) mass is 366 g/mol. The maximum atomic E-state index is 12.4. The quantitative estimate of drug-likeness (QED) is 0.898. The maximum Gasteiger partial charge on any atom is 0.255 e. The number of nitrogens with zero attached hydrogens (tertiary/aromatic N) is 1. The van der Waals surface area contributed by atoms with E-state index in [4.69, 9.17) is 11.6 Å². The third-order valence-corrected chi connectivity index (χ3v) is 5.34. The van der Waals surface area contributed by atoms with E-state index in [1.54, 1.807) is 37.3 Å². The molecule has 0 spiro atoms. The standard InChI is InChI=1S/C17H19ClN2O3S/c1-11-6-8-14(10-15(11)18)19-17(21)13-7-5-12(2)16(9-13)20(3)24(4,22)23/h5-10H,1-4H3,(H,19,21). The predicted molar refractivity (Wildman–Crippen MR) is 98.6 cm³/mol. The Hall–Kier alpha value is -2.05. The number of anilines is 2. The van der Waals surface area contributed by atoms with Gasteiger partial charge in [0.25, 0.3) is 5.91 Å². The number of benzene rings is 2. The molecule has 5 nitrogen and oxygen atoms in total. The summed E-state index contributed by atoms with van der Waals surface area (Å²) in [5.41, 5.74) is 3.09. The highest BCUT2D eigenvalue weighted by atomic mass is 35.5. The molecular formula is C17H19ClN2O3S. The number of carbonyl (C=O) groups excluding carboxylic acids is 1. The van der Waals surface area contributed by atoms with Crippen LogP contribution in [0.25, 0.3) is 0 Å². The van der Waals surface area contributed by atoms with Gasteiger partial charge in [0, 0.05) is 23.3 Å². The molecule has 0 aliphatic rings.